The zero-order chi connectivity index (χ0) is 13.2. The summed E-state index contributed by atoms with van der Waals surface area (Å²) in [4.78, 5) is 11.7. The van der Waals surface area contributed by atoms with Gasteiger partial charge in [0.05, 0.1) is 12.6 Å². The molecule has 2 heterocycles. The topological polar surface area (TPSA) is 57.3 Å². The molecular weight excluding hydrogens is 251 g/mol. The van der Waals surface area contributed by atoms with Gasteiger partial charge in [0, 0.05) is 12.2 Å². The molecule has 0 N–H and O–H groups in total. The van der Waals surface area contributed by atoms with Gasteiger partial charge in [-0.2, -0.15) is 4.68 Å². The van der Waals surface area contributed by atoms with E-state index in [2.05, 4.69) is 5.10 Å². The van der Waals surface area contributed by atoms with Gasteiger partial charge in [0.2, 0.25) is 5.89 Å². The number of rotatable bonds is 3. The van der Waals surface area contributed by atoms with Crippen molar-refractivity contribution in [1.29, 1.82) is 0 Å². The van der Waals surface area contributed by atoms with Gasteiger partial charge in [-0.05, 0) is 37.1 Å². The Bertz CT molecular complexity index is 612. The van der Waals surface area contributed by atoms with Crippen LogP contribution in [-0.4, -0.2) is 22.5 Å². The largest absolute Gasteiger partial charge is 0.437 e. The molecule has 0 bridgehead atoms. The summed E-state index contributed by atoms with van der Waals surface area (Å²) >= 11 is 0. The maximum atomic E-state index is 12.8. The number of benzene rings is 1. The van der Waals surface area contributed by atoms with E-state index in [-0.39, 0.29) is 17.8 Å². The predicted molar refractivity (Wildman–Crippen MR) is 65.1 cm³/mol. The molecule has 1 aromatic heterocycles. The highest BCUT2D eigenvalue weighted by molar-refractivity contribution is 5.51. The van der Waals surface area contributed by atoms with Gasteiger partial charge in [-0.3, -0.25) is 0 Å². The summed E-state index contributed by atoms with van der Waals surface area (Å²) in [6.45, 7) is 1.12. The summed E-state index contributed by atoms with van der Waals surface area (Å²) in [6.07, 6.45) is 1.94. The van der Waals surface area contributed by atoms with Gasteiger partial charge in [-0.15, -0.1) is 5.10 Å². The molecule has 0 radical (unpaired) electrons. The average Bonchev–Trinajstić information content (AvgIpc) is 3.02. The van der Waals surface area contributed by atoms with Crippen molar-refractivity contribution in [1.82, 2.24) is 9.78 Å². The highest BCUT2D eigenvalue weighted by Crippen LogP contribution is 2.17. The predicted octanol–water partition coefficient (Wildman–Crippen LogP) is 1.82. The highest BCUT2D eigenvalue weighted by atomic mass is 19.1. The Morgan fingerprint density at radius 3 is 2.84 bits per heavy atom. The molecular formula is C13H13FN2O3. The Hall–Kier alpha value is -1.95. The van der Waals surface area contributed by atoms with Crippen molar-refractivity contribution in [3.8, 4) is 11.5 Å². The third-order valence-electron chi connectivity index (χ3n) is 3.10. The van der Waals surface area contributed by atoms with E-state index in [1.54, 1.807) is 0 Å². The van der Waals surface area contributed by atoms with Crippen molar-refractivity contribution in [2.24, 2.45) is 0 Å². The summed E-state index contributed by atoms with van der Waals surface area (Å²) in [5.41, 5.74) is 0.574. The first kappa shape index (κ1) is 12.1. The molecule has 100 valence electrons. The fraction of sp³-hybridized carbons (Fsp3) is 0.385. The number of ether oxygens (including phenoxy) is 1. The minimum Gasteiger partial charge on any atom is -0.388 e. The molecule has 1 saturated heterocycles. The summed E-state index contributed by atoms with van der Waals surface area (Å²) < 4.78 is 24.6. The molecule has 0 aliphatic carbocycles. The molecule has 0 spiro atoms. The first-order valence-corrected chi connectivity index (χ1v) is 6.18. The Balaban J connectivity index is 1.84. The van der Waals surface area contributed by atoms with Crippen LogP contribution in [0, 0.1) is 5.82 Å². The number of nitrogens with zero attached hydrogens (tertiary/aromatic N) is 2. The lowest BCUT2D eigenvalue weighted by molar-refractivity contribution is 0.0922. The van der Waals surface area contributed by atoms with E-state index in [1.165, 1.54) is 28.9 Å². The Morgan fingerprint density at radius 2 is 2.16 bits per heavy atom. The second-order valence-corrected chi connectivity index (χ2v) is 4.50. The number of hydrogen-bond acceptors (Lipinski definition) is 4. The van der Waals surface area contributed by atoms with Crippen LogP contribution in [0.15, 0.2) is 33.5 Å². The molecule has 1 aliphatic heterocycles. The van der Waals surface area contributed by atoms with Crippen LogP contribution < -0.4 is 5.76 Å². The molecule has 1 aromatic carbocycles. The van der Waals surface area contributed by atoms with Crippen molar-refractivity contribution in [3.05, 3.63) is 40.6 Å². The van der Waals surface area contributed by atoms with Crippen molar-refractivity contribution >= 4 is 0 Å². The van der Waals surface area contributed by atoms with Gasteiger partial charge in [0.15, 0.2) is 0 Å². The van der Waals surface area contributed by atoms with Crippen molar-refractivity contribution in [3.63, 3.8) is 0 Å². The summed E-state index contributed by atoms with van der Waals surface area (Å²) in [5.74, 6) is -0.664. The van der Waals surface area contributed by atoms with Crippen LogP contribution in [0.4, 0.5) is 4.39 Å². The minimum atomic E-state index is -0.519. The monoisotopic (exact) mass is 264 g/mol. The minimum absolute atomic E-state index is 0.0175. The normalized spacial score (nSPS) is 18.9. The quantitative estimate of drug-likeness (QED) is 0.848. The Morgan fingerprint density at radius 1 is 1.37 bits per heavy atom. The standard InChI is InChI=1S/C13H13FN2O3/c14-10-5-3-9(4-6-10)12-15-16(13(17)19-12)8-11-2-1-7-18-11/h3-6,11H,1-2,7-8H2. The van der Waals surface area contributed by atoms with E-state index in [4.69, 9.17) is 9.15 Å². The van der Waals surface area contributed by atoms with E-state index in [0.717, 1.165) is 19.4 Å². The van der Waals surface area contributed by atoms with Crippen LogP contribution in [0.3, 0.4) is 0 Å². The molecule has 0 amide bonds. The van der Waals surface area contributed by atoms with Crippen LogP contribution in [0.25, 0.3) is 11.5 Å². The zero-order valence-electron chi connectivity index (χ0n) is 10.2. The summed E-state index contributed by atoms with van der Waals surface area (Å²) in [7, 11) is 0. The summed E-state index contributed by atoms with van der Waals surface area (Å²) in [5, 5.41) is 4.11. The Kier molecular flexibility index (Phi) is 3.16. The van der Waals surface area contributed by atoms with Gasteiger partial charge < -0.3 is 9.15 Å². The molecule has 0 saturated carbocycles. The highest BCUT2D eigenvalue weighted by Gasteiger charge is 2.19. The van der Waals surface area contributed by atoms with Crippen molar-refractivity contribution in [2.45, 2.75) is 25.5 Å². The number of hydrogen-bond donors (Lipinski definition) is 0. The van der Waals surface area contributed by atoms with Crippen LogP contribution in [0.5, 0.6) is 0 Å². The molecule has 6 heteroatoms. The fourth-order valence-electron chi connectivity index (χ4n) is 2.11. The van der Waals surface area contributed by atoms with Gasteiger partial charge in [-0.1, -0.05) is 0 Å². The second kappa shape index (κ2) is 4.97. The van der Waals surface area contributed by atoms with E-state index >= 15 is 0 Å². The van der Waals surface area contributed by atoms with Crippen LogP contribution in [0.2, 0.25) is 0 Å². The lowest BCUT2D eigenvalue weighted by atomic mass is 10.2. The second-order valence-electron chi connectivity index (χ2n) is 4.50. The third-order valence-corrected chi connectivity index (χ3v) is 3.10. The van der Waals surface area contributed by atoms with Crippen LogP contribution in [-0.2, 0) is 11.3 Å². The maximum Gasteiger partial charge on any atom is 0.437 e. The van der Waals surface area contributed by atoms with E-state index in [0.29, 0.717) is 12.1 Å². The van der Waals surface area contributed by atoms with Gasteiger partial charge in [0.1, 0.15) is 5.82 Å². The van der Waals surface area contributed by atoms with E-state index in [1.807, 2.05) is 0 Å². The molecule has 1 fully saturated rings. The third kappa shape index (κ3) is 2.58. The van der Waals surface area contributed by atoms with Crippen LogP contribution >= 0.6 is 0 Å². The maximum absolute atomic E-state index is 12.8. The molecule has 1 atom stereocenters. The number of halogens is 1. The SMILES string of the molecule is O=c1oc(-c2ccc(F)cc2)nn1CC1CCCO1. The van der Waals surface area contributed by atoms with E-state index in [9.17, 15) is 9.18 Å². The lowest BCUT2D eigenvalue weighted by Gasteiger charge is -2.06. The van der Waals surface area contributed by atoms with Gasteiger partial charge in [-0.25, -0.2) is 9.18 Å². The molecule has 1 aliphatic rings. The van der Waals surface area contributed by atoms with E-state index < -0.39 is 5.76 Å². The first-order valence-electron chi connectivity index (χ1n) is 6.18. The Labute approximate surface area is 108 Å². The molecule has 2 aromatic rings. The lowest BCUT2D eigenvalue weighted by Crippen LogP contribution is -2.24. The average molecular weight is 264 g/mol. The van der Waals surface area contributed by atoms with Crippen LogP contribution in [0.1, 0.15) is 12.8 Å². The van der Waals surface area contributed by atoms with Crippen molar-refractivity contribution in [2.75, 3.05) is 6.61 Å². The molecule has 3 rings (SSSR count). The smallest absolute Gasteiger partial charge is 0.388 e. The zero-order valence-corrected chi connectivity index (χ0v) is 10.2. The first-order chi connectivity index (χ1) is 9.22. The van der Waals surface area contributed by atoms with Crippen molar-refractivity contribution < 1.29 is 13.5 Å². The molecule has 19 heavy (non-hydrogen) atoms. The fourth-order valence-corrected chi connectivity index (χ4v) is 2.11. The molecule has 1 unspecified atom stereocenters. The molecule has 5 nitrogen and oxygen atoms in total. The summed E-state index contributed by atoms with van der Waals surface area (Å²) in [6, 6.07) is 5.65. The van der Waals surface area contributed by atoms with Gasteiger partial charge >= 0.3 is 5.76 Å². The number of aromatic nitrogens is 2. The van der Waals surface area contributed by atoms with Gasteiger partial charge in [0.25, 0.3) is 0 Å².